The maximum absolute atomic E-state index is 13.1. The molecule has 0 unspecified atom stereocenters. The van der Waals surface area contributed by atoms with E-state index in [1.807, 2.05) is 0 Å². The van der Waals surface area contributed by atoms with Crippen LogP contribution in [0, 0.1) is 5.82 Å². The monoisotopic (exact) mass is 265 g/mol. The molecule has 0 spiro atoms. The van der Waals surface area contributed by atoms with Crippen LogP contribution in [0.4, 0.5) is 4.39 Å². The number of halogens is 1. The lowest BCUT2D eigenvalue weighted by atomic mass is 10.1. The van der Waals surface area contributed by atoms with Crippen molar-refractivity contribution in [3.63, 3.8) is 0 Å². The van der Waals surface area contributed by atoms with Crippen molar-refractivity contribution in [1.82, 2.24) is 4.98 Å². The topological polar surface area (TPSA) is 39.2 Å². The van der Waals surface area contributed by atoms with Gasteiger partial charge >= 0.3 is 5.97 Å². The molecular weight excluding hydrogens is 253 g/mol. The number of esters is 1. The third-order valence-corrected chi connectivity index (χ3v) is 4.42. The number of nitrogens with zero attached hydrogens (tertiary/aromatic N) is 1. The zero-order valence-corrected chi connectivity index (χ0v) is 10.7. The Bertz CT molecular complexity index is 618. The second-order valence-electron chi connectivity index (χ2n) is 4.43. The van der Waals surface area contributed by atoms with Crippen LogP contribution in [-0.2, 0) is 14.9 Å². The van der Waals surface area contributed by atoms with Crippen LogP contribution in [0.5, 0.6) is 0 Å². The Hall–Kier alpha value is -1.49. The molecule has 0 N–H and O–H groups in total. The van der Waals surface area contributed by atoms with Crippen LogP contribution < -0.4 is 0 Å². The largest absolute Gasteiger partial charge is 0.465 e. The fourth-order valence-electron chi connectivity index (χ4n) is 2.00. The fraction of sp³-hybridized carbons (Fsp3) is 0.385. The van der Waals surface area contributed by atoms with Gasteiger partial charge in [0.1, 0.15) is 16.2 Å². The lowest BCUT2D eigenvalue weighted by Gasteiger charge is -2.09. The van der Waals surface area contributed by atoms with Crippen molar-refractivity contribution in [3.8, 4) is 0 Å². The van der Waals surface area contributed by atoms with E-state index in [-0.39, 0.29) is 11.8 Å². The number of benzene rings is 1. The summed E-state index contributed by atoms with van der Waals surface area (Å²) in [7, 11) is 0. The van der Waals surface area contributed by atoms with Crippen LogP contribution >= 0.6 is 11.3 Å². The van der Waals surface area contributed by atoms with E-state index in [2.05, 4.69) is 4.98 Å². The zero-order chi connectivity index (χ0) is 12.8. The van der Waals surface area contributed by atoms with Crippen LogP contribution in [-0.4, -0.2) is 17.6 Å². The first-order chi connectivity index (χ1) is 8.65. The van der Waals surface area contributed by atoms with Gasteiger partial charge in [-0.2, -0.15) is 0 Å². The van der Waals surface area contributed by atoms with Gasteiger partial charge in [-0.3, -0.25) is 4.79 Å². The molecule has 1 aromatic heterocycles. The molecule has 3 nitrogen and oxygen atoms in total. The molecule has 1 fully saturated rings. The number of thiazole rings is 1. The molecule has 1 aromatic carbocycles. The number of aromatic nitrogens is 1. The van der Waals surface area contributed by atoms with Gasteiger partial charge in [-0.15, -0.1) is 11.3 Å². The van der Waals surface area contributed by atoms with Crippen LogP contribution in [0.1, 0.15) is 24.8 Å². The summed E-state index contributed by atoms with van der Waals surface area (Å²) >= 11 is 1.45. The van der Waals surface area contributed by atoms with Crippen molar-refractivity contribution in [1.29, 1.82) is 0 Å². The van der Waals surface area contributed by atoms with Gasteiger partial charge < -0.3 is 4.74 Å². The van der Waals surface area contributed by atoms with Crippen molar-refractivity contribution >= 4 is 27.5 Å². The molecule has 0 radical (unpaired) electrons. The Morgan fingerprint density at radius 3 is 3.00 bits per heavy atom. The minimum absolute atomic E-state index is 0.204. The van der Waals surface area contributed by atoms with Crippen molar-refractivity contribution in [2.75, 3.05) is 6.61 Å². The van der Waals surface area contributed by atoms with E-state index in [1.54, 1.807) is 13.0 Å². The highest BCUT2D eigenvalue weighted by molar-refractivity contribution is 7.18. The quantitative estimate of drug-likeness (QED) is 0.801. The van der Waals surface area contributed by atoms with Gasteiger partial charge in [-0.1, -0.05) is 0 Å². The van der Waals surface area contributed by atoms with Gasteiger partial charge in [0.25, 0.3) is 0 Å². The van der Waals surface area contributed by atoms with Crippen LogP contribution in [0.25, 0.3) is 10.2 Å². The van der Waals surface area contributed by atoms with Gasteiger partial charge in [-0.25, -0.2) is 9.37 Å². The number of carbonyl (C=O) groups excluding carboxylic acids is 1. The molecular formula is C13H12FNO2S. The minimum Gasteiger partial charge on any atom is -0.465 e. The predicted molar refractivity (Wildman–Crippen MR) is 67.1 cm³/mol. The van der Waals surface area contributed by atoms with Crippen LogP contribution in [0.3, 0.4) is 0 Å². The third kappa shape index (κ3) is 1.70. The summed E-state index contributed by atoms with van der Waals surface area (Å²) in [5, 5.41) is 0.751. The molecule has 1 heterocycles. The van der Waals surface area contributed by atoms with Gasteiger partial charge in [0, 0.05) is 6.07 Å². The lowest BCUT2D eigenvalue weighted by Crippen LogP contribution is -2.22. The average molecular weight is 265 g/mol. The number of carbonyl (C=O) groups is 1. The maximum Gasteiger partial charge on any atom is 0.319 e. The Morgan fingerprint density at radius 1 is 1.56 bits per heavy atom. The van der Waals surface area contributed by atoms with E-state index in [0.29, 0.717) is 12.1 Å². The standard InChI is InChI=1S/C13H12FNO2S/c1-2-17-12(16)13(5-6-13)11-15-9-7-8(14)3-4-10(9)18-11/h3-4,7H,2,5-6H2,1H3. The van der Waals surface area contributed by atoms with E-state index >= 15 is 0 Å². The van der Waals surface area contributed by atoms with Gasteiger partial charge in [0.15, 0.2) is 0 Å². The first kappa shape index (κ1) is 11.6. The molecule has 1 saturated carbocycles. The van der Waals surface area contributed by atoms with E-state index in [4.69, 9.17) is 4.74 Å². The first-order valence-electron chi connectivity index (χ1n) is 5.89. The van der Waals surface area contributed by atoms with E-state index in [9.17, 15) is 9.18 Å². The molecule has 0 saturated heterocycles. The molecule has 94 valence electrons. The SMILES string of the molecule is CCOC(=O)C1(c2nc3cc(F)ccc3s2)CC1. The molecule has 2 aromatic rings. The molecule has 0 amide bonds. The summed E-state index contributed by atoms with van der Waals surface area (Å²) < 4.78 is 19.1. The van der Waals surface area contributed by atoms with E-state index in [0.717, 1.165) is 22.5 Å². The summed E-state index contributed by atoms with van der Waals surface area (Å²) in [6.45, 7) is 2.17. The number of fused-ring (bicyclic) bond motifs is 1. The molecule has 1 aliphatic rings. The Morgan fingerprint density at radius 2 is 2.33 bits per heavy atom. The van der Waals surface area contributed by atoms with Gasteiger partial charge in [0.05, 0.1) is 16.8 Å². The number of hydrogen-bond donors (Lipinski definition) is 0. The first-order valence-corrected chi connectivity index (χ1v) is 6.71. The fourth-order valence-corrected chi connectivity index (χ4v) is 3.19. The van der Waals surface area contributed by atoms with Crippen molar-refractivity contribution in [2.45, 2.75) is 25.2 Å². The Kier molecular flexibility index (Phi) is 2.59. The molecule has 0 atom stereocenters. The smallest absolute Gasteiger partial charge is 0.319 e. The highest BCUT2D eigenvalue weighted by Crippen LogP contribution is 2.51. The average Bonchev–Trinajstić information content (AvgIpc) is 3.05. The normalized spacial score (nSPS) is 16.8. The second kappa shape index (κ2) is 4.02. The highest BCUT2D eigenvalue weighted by Gasteiger charge is 2.55. The Balaban J connectivity index is 2.02. The predicted octanol–water partition coefficient (Wildman–Crippen LogP) is 3.03. The summed E-state index contributed by atoms with van der Waals surface area (Å²) in [5.41, 5.74) is 0.0569. The second-order valence-corrected chi connectivity index (χ2v) is 5.46. The van der Waals surface area contributed by atoms with E-state index in [1.165, 1.54) is 23.5 Å². The molecule has 3 rings (SSSR count). The summed E-state index contributed by atoms with van der Waals surface area (Å²) in [5.74, 6) is -0.509. The van der Waals surface area contributed by atoms with Gasteiger partial charge in [-0.05, 0) is 31.9 Å². The van der Waals surface area contributed by atoms with Crippen LogP contribution in [0.15, 0.2) is 18.2 Å². The van der Waals surface area contributed by atoms with E-state index < -0.39 is 5.41 Å². The minimum atomic E-state index is -0.559. The molecule has 18 heavy (non-hydrogen) atoms. The molecule has 0 bridgehead atoms. The number of rotatable bonds is 3. The lowest BCUT2D eigenvalue weighted by molar-refractivity contribution is -0.146. The van der Waals surface area contributed by atoms with Crippen molar-refractivity contribution in [3.05, 3.63) is 29.0 Å². The van der Waals surface area contributed by atoms with Crippen molar-refractivity contribution < 1.29 is 13.9 Å². The number of hydrogen-bond acceptors (Lipinski definition) is 4. The zero-order valence-electron chi connectivity index (χ0n) is 9.90. The summed E-state index contributed by atoms with van der Waals surface area (Å²) in [6.07, 6.45) is 1.54. The third-order valence-electron chi connectivity index (χ3n) is 3.18. The summed E-state index contributed by atoms with van der Waals surface area (Å²) in [6, 6.07) is 4.51. The number of ether oxygens (including phenoxy) is 1. The Labute approximate surface area is 108 Å². The maximum atomic E-state index is 13.1. The molecule has 5 heteroatoms. The van der Waals surface area contributed by atoms with Gasteiger partial charge in [0.2, 0.25) is 0 Å². The molecule has 1 aliphatic carbocycles. The highest BCUT2D eigenvalue weighted by atomic mass is 32.1. The van der Waals surface area contributed by atoms with Crippen molar-refractivity contribution in [2.24, 2.45) is 0 Å². The molecule has 0 aliphatic heterocycles. The summed E-state index contributed by atoms with van der Waals surface area (Å²) in [4.78, 5) is 16.3. The van der Waals surface area contributed by atoms with Crippen LogP contribution in [0.2, 0.25) is 0 Å².